The second-order valence-corrected chi connectivity index (χ2v) is 4.80. The molecule has 1 aromatic rings. The zero-order valence-corrected chi connectivity index (χ0v) is 11.3. The molecule has 2 unspecified atom stereocenters. The van der Waals surface area contributed by atoms with Crippen LogP contribution in [0.25, 0.3) is 0 Å². The fourth-order valence-electron chi connectivity index (χ4n) is 2.23. The summed E-state index contributed by atoms with van der Waals surface area (Å²) in [5.41, 5.74) is 0.515. The SMILES string of the molecule is CC(C(=O)O)N(C)C1CC(=O)N(c2ccccc2)C1=O. The summed E-state index contributed by atoms with van der Waals surface area (Å²) in [6.07, 6.45) is 0.00183. The van der Waals surface area contributed by atoms with Crippen LogP contribution in [0.5, 0.6) is 0 Å². The van der Waals surface area contributed by atoms with Gasteiger partial charge in [0.2, 0.25) is 5.91 Å². The van der Waals surface area contributed by atoms with E-state index in [4.69, 9.17) is 5.11 Å². The number of aliphatic carboxylic acids is 1. The lowest BCUT2D eigenvalue weighted by molar-refractivity contribution is -0.143. The van der Waals surface area contributed by atoms with E-state index in [1.54, 1.807) is 37.4 Å². The van der Waals surface area contributed by atoms with Crippen LogP contribution in [-0.4, -0.2) is 46.9 Å². The first-order valence-corrected chi connectivity index (χ1v) is 6.30. The van der Waals surface area contributed by atoms with Gasteiger partial charge in [-0.15, -0.1) is 0 Å². The van der Waals surface area contributed by atoms with Crippen molar-refractivity contribution in [2.45, 2.75) is 25.4 Å². The third-order valence-corrected chi connectivity index (χ3v) is 3.60. The Morgan fingerprint density at radius 1 is 1.35 bits per heavy atom. The number of likely N-dealkylation sites (N-methyl/N-ethyl adjacent to an activating group) is 1. The molecule has 1 aromatic carbocycles. The number of hydrogen-bond donors (Lipinski definition) is 1. The molecule has 1 heterocycles. The highest BCUT2D eigenvalue weighted by atomic mass is 16.4. The molecule has 1 saturated heterocycles. The highest BCUT2D eigenvalue weighted by Gasteiger charge is 2.43. The Morgan fingerprint density at radius 2 is 1.95 bits per heavy atom. The number of nitrogens with zero attached hydrogens (tertiary/aromatic N) is 2. The molecule has 1 aliphatic rings. The van der Waals surface area contributed by atoms with Crippen LogP contribution in [0.15, 0.2) is 30.3 Å². The number of hydrogen-bond acceptors (Lipinski definition) is 4. The topological polar surface area (TPSA) is 77.9 Å². The molecule has 6 heteroatoms. The molecule has 2 atom stereocenters. The van der Waals surface area contributed by atoms with Crippen molar-refractivity contribution < 1.29 is 19.5 Å². The van der Waals surface area contributed by atoms with Crippen LogP contribution in [-0.2, 0) is 14.4 Å². The van der Waals surface area contributed by atoms with Gasteiger partial charge in [0, 0.05) is 0 Å². The number of imide groups is 1. The summed E-state index contributed by atoms with van der Waals surface area (Å²) < 4.78 is 0. The minimum Gasteiger partial charge on any atom is -0.480 e. The summed E-state index contributed by atoms with van der Waals surface area (Å²) in [5.74, 6) is -1.71. The van der Waals surface area contributed by atoms with E-state index >= 15 is 0 Å². The van der Waals surface area contributed by atoms with Crippen LogP contribution in [0, 0.1) is 0 Å². The monoisotopic (exact) mass is 276 g/mol. The van der Waals surface area contributed by atoms with Gasteiger partial charge in [0.15, 0.2) is 0 Å². The number of rotatable bonds is 4. The Balaban J connectivity index is 2.23. The molecule has 1 aliphatic heterocycles. The normalized spacial score (nSPS) is 20.6. The summed E-state index contributed by atoms with van der Waals surface area (Å²) in [6, 6.07) is 7.09. The van der Waals surface area contributed by atoms with E-state index in [0.717, 1.165) is 4.90 Å². The number of amides is 2. The summed E-state index contributed by atoms with van der Waals surface area (Å²) in [4.78, 5) is 37.9. The molecule has 0 aromatic heterocycles. The van der Waals surface area contributed by atoms with Gasteiger partial charge in [0.1, 0.15) is 6.04 Å². The Bertz CT molecular complexity index is 543. The fourth-order valence-corrected chi connectivity index (χ4v) is 2.23. The lowest BCUT2D eigenvalue weighted by Crippen LogP contribution is -2.47. The molecule has 20 heavy (non-hydrogen) atoms. The molecule has 0 bridgehead atoms. The van der Waals surface area contributed by atoms with Gasteiger partial charge in [-0.05, 0) is 26.1 Å². The Hall–Kier alpha value is -2.21. The lowest BCUT2D eigenvalue weighted by atomic mass is 10.1. The van der Waals surface area contributed by atoms with Crippen molar-refractivity contribution in [1.82, 2.24) is 4.90 Å². The van der Waals surface area contributed by atoms with Crippen LogP contribution >= 0.6 is 0 Å². The molecule has 2 rings (SSSR count). The van der Waals surface area contributed by atoms with E-state index in [2.05, 4.69) is 0 Å². The van der Waals surface area contributed by atoms with Crippen LogP contribution < -0.4 is 4.90 Å². The van der Waals surface area contributed by atoms with Crippen LogP contribution in [0.4, 0.5) is 5.69 Å². The first-order valence-electron chi connectivity index (χ1n) is 6.30. The van der Waals surface area contributed by atoms with Gasteiger partial charge in [-0.3, -0.25) is 19.3 Å². The van der Waals surface area contributed by atoms with Gasteiger partial charge in [0.25, 0.3) is 5.91 Å². The van der Waals surface area contributed by atoms with E-state index in [1.807, 2.05) is 0 Å². The van der Waals surface area contributed by atoms with Crippen molar-refractivity contribution in [3.05, 3.63) is 30.3 Å². The largest absolute Gasteiger partial charge is 0.480 e. The van der Waals surface area contributed by atoms with Gasteiger partial charge in [-0.25, -0.2) is 4.90 Å². The summed E-state index contributed by atoms with van der Waals surface area (Å²) in [6.45, 7) is 1.49. The summed E-state index contributed by atoms with van der Waals surface area (Å²) >= 11 is 0. The maximum atomic E-state index is 12.4. The molecule has 106 valence electrons. The van der Waals surface area contributed by atoms with Crippen molar-refractivity contribution in [1.29, 1.82) is 0 Å². The number of carboxylic acids is 1. The number of anilines is 1. The highest BCUT2D eigenvalue weighted by Crippen LogP contribution is 2.25. The van der Waals surface area contributed by atoms with Crippen molar-refractivity contribution >= 4 is 23.5 Å². The Labute approximate surface area is 116 Å². The quantitative estimate of drug-likeness (QED) is 0.820. The molecule has 0 saturated carbocycles. The van der Waals surface area contributed by atoms with Crippen molar-refractivity contribution in [2.75, 3.05) is 11.9 Å². The van der Waals surface area contributed by atoms with Crippen LogP contribution in [0.3, 0.4) is 0 Å². The molecular formula is C14H16N2O4. The second kappa shape index (κ2) is 5.42. The van der Waals surface area contributed by atoms with Crippen molar-refractivity contribution in [3.8, 4) is 0 Å². The van der Waals surface area contributed by atoms with Gasteiger partial charge in [-0.1, -0.05) is 18.2 Å². The summed E-state index contributed by atoms with van der Waals surface area (Å²) in [5, 5.41) is 9.00. The molecule has 1 N–H and O–H groups in total. The van der Waals surface area contributed by atoms with Crippen LogP contribution in [0.2, 0.25) is 0 Å². The molecule has 1 fully saturated rings. The molecule has 0 aliphatic carbocycles. The minimum absolute atomic E-state index is 0.00183. The van der Waals surface area contributed by atoms with Crippen molar-refractivity contribution in [3.63, 3.8) is 0 Å². The van der Waals surface area contributed by atoms with Crippen LogP contribution in [0.1, 0.15) is 13.3 Å². The van der Waals surface area contributed by atoms with E-state index in [-0.39, 0.29) is 18.2 Å². The van der Waals surface area contributed by atoms with E-state index in [1.165, 1.54) is 11.8 Å². The number of carbonyl (C=O) groups excluding carboxylic acids is 2. The second-order valence-electron chi connectivity index (χ2n) is 4.80. The number of benzene rings is 1. The van der Waals surface area contributed by atoms with Gasteiger partial charge >= 0.3 is 5.97 Å². The minimum atomic E-state index is -1.02. The fraction of sp³-hybridized carbons (Fsp3) is 0.357. The zero-order valence-electron chi connectivity index (χ0n) is 11.3. The predicted molar refractivity (Wildman–Crippen MR) is 72.2 cm³/mol. The smallest absolute Gasteiger partial charge is 0.320 e. The van der Waals surface area contributed by atoms with E-state index < -0.39 is 18.1 Å². The molecule has 0 radical (unpaired) electrons. The first-order chi connectivity index (χ1) is 9.43. The Kier molecular flexibility index (Phi) is 3.85. The zero-order chi connectivity index (χ0) is 14.9. The number of carboxylic acid groups (broad SMARTS) is 1. The number of para-hydroxylation sites is 1. The van der Waals surface area contributed by atoms with Crippen molar-refractivity contribution in [2.24, 2.45) is 0 Å². The molecular weight excluding hydrogens is 260 g/mol. The average molecular weight is 276 g/mol. The molecule has 2 amide bonds. The summed E-state index contributed by atoms with van der Waals surface area (Å²) in [7, 11) is 1.54. The molecule has 6 nitrogen and oxygen atoms in total. The van der Waals surface area contributed by atoms with E-state index in [9.17, 15) is 14.4 Å². The van der Waals surface area contributed by atoms with Gasteiger partial charge in [-0.2, -0.15) is 0 Å². The average Bonchev–Trinajstić information content (AvgIpc) is 2.73. The third kappa shape index (κ3) is 2.42. The Morgan fingerprint density at radius 3 is 2.50 bits per heavy atom. The predicted octanol–water partition coefficient (Wildman–Crippen LogP) is 0.723. The first kappa shape index (κ1) is 14.2. The van der Waals surface area contributed by atoms with E-state index in [0.29, 0.717) is 5.69 Å². The molecule has 0 spiro atoms. The van der Waals surface area contributed by atoms with Gasteiger partial charge < -0.3 is 5.11 Å². The highest BCUT2D eigenvalue weighted by molar-refractivity contribution is 6.22. The maximum Gasteiger partial charge on any atom is 0.320 e. The lowest BCUT2D eigenvalue weighted by Gasteiger charge is -2.26. The third-order valence-electron chi connectivity index (χ3n) is 3.60. The standard InChI is InChI=1S/C14H16N2O4/c1-9(14(19)20)15(2)11-8-12(17)16(13(11)18)10-6-4-3-5-7-10/h3-7,9,11H,8H2,1-2H3,(H,19,20). The maximum absolute atomic E-state index is 12.4. The number of carbonyl (C=O) groups is 3. The van der Waals surface area contributed by atoms with Gasteiger partial charge in [0.05, 0.1) is 18.2 Å².